The summed E-state index contributed by atoms with van der Waals surface area (Å²) in [5.41, 5.74) is -1.61. The summed E-state index contributed by atoms with van der Waals surface area (Å²) in [4.78, 5) is 47.0. The van der Waals surface area contributed by atoms with Gasteiger partial charge in [-0.15, -0.1) is 0 Å². The van der Waals surface area contributed by atoms with Crippen molar-refractivity contribution in [2.75, 3.05) is 0 Å². The predicted octanol–water partition coefficient (Wildman–Crippen LogP) is 3.37. The molecule has 1 aliphatic heterocycles. The first-order chi connectivity index (χ1) is 14.7. The Morgan fingerprint density at radius 3 is 2.03 bits per heavy atom. The number of phenols is 1. The number of hydrogen-bond acceptors (Lipinski definition) is 6. The number of rotatable bonds is 4. The number of carbonyl (C=O) groups is 3. The molecule has 0 amide bonds. The number of aromatic carboxylic acids is 3. The molecule has 0 saturated carbocycles. The Labute approximate surface area is 172 Å². The molecule has 0 aromatic heterocycles. The third kappa shape index (κ3) is 3.14. The minimum absolute atomic E-state index is 0.0207. The van der Waals surface area contributed by atoms with E-state index in [-0.39, 0.29) is 39.0 Å². The van der Waals surface area contributed by atoms with Gasteiger partial charge in [0.15, 0.2) is 5.43 Å². The summed E-state index contributed by atoms with van der Waals surface area (Å²) in [6, 6.07) is 10.0. The third-order valence-electron chi connectivity index (χ3n) is 4.83. The highest BCUT2D eigenvalue weighted by molar-refractivity contribution is 6.10. The van der Waals surface area contributed by atoms with Gasteiger partial charge in [0.1, 0.15) is 28.2 Å². The SMILES string of the molecule is O=C(O)c1cc2c(-c3ccccc3C(=O)O)c3cc(C(=O)O)c(=O)cc-3oc2cc1O. The van der Waals surface area contributed by atoms with Gasteiger partial charge in [-0.2, -0.15) is 0 Å². The lowest BCUT2D eigenvalue weighted by Crippen LogP contribution is -2.14. The van der Waals surface area contributed by atoms with Gasteiger partial charge in [-0.05, 0) is 23.8 Å². The second-order valence-electron chi connectivity index (χ2n) is 6.65. The van der Waals surface area contributed by atoms with Crippen molar-refractivity contribution in [1.29, 1.82) is 0 Å². The van der Waals surface area contributed by atoms with Gasteiger partial charge in [-0.1, -0.05) is 18.2 Å². The Morgan fingerprint density at radius 2 is 1.39 bits per heavy atom. The Morgan fingerprint density at radius 1 is 0.742 bits per heavy atom. The second kappa shape index (κ2) is 6.99. The highest BCUT2D eigenvalue weighted by Gasteiger charge is 2.25. The van der Waals surface area contributed by atoms with Crippen LogP contribution in [-0.2, 0) is 0 Å². The molecule has 1 heterocycles. The first-order valence-electron chi connectivity index (χ1n) is 8.76. The molecule has 0 spiro atoms. The fraction of sp³-hybridized carbons (Fsp3) is 0. The summed E-state index contributed by atoms with van der Waals surface area (Å²) in [5.74, 6) is -4.83. The van der Waals surface area contributed by atoms with Crippen LogP contribution in [0.2, 0.25) is 0 Å². The van der Waals surface area contributed by atoms with Crippen molar-refractivity contribution in [2.24, 2.45) is 0 Å². The van der Waals surface area contributed by atoms with Gasteiger partial charge in [-0.25, -0.2) is 14.4 Å². The van der Waals surface area contributed by atoms with Gasteiger partial charge < -0.3 is 24.8 Å². The minimum atomic E-state index is -1.48. The monoisotopic (exact) mass is 420 g/mol. The van der Waals surface area contributed by atoms with Crippen molar-refractivity contribution in [2.45, 2.75) is 0 Å². The van der Waals surface area contributed by atoms with E-state index >= 15 is 0 Å². The summed E-state index contributed by atoms with van der Waals surface area (Å²) < 4.78 is 5.65. The average Bonchev–Trinajstić information content (AvgIpc) is 2.70. The molecule has 9 heteroatoms. The van der Waals surface area contributed by atoms with E-state index in [9.17, 15) is 39.6 Å². The molecule has 0 saturated heterocycles. The van der Waals surface area contributed by atoms with Crippen molar-refractivity contribution in [3.63, 3.8) is 0 Å². The quantitative estimate of drug-likeness (QED) is 0.363. The fourth-order valence-corrected chi connectivity index (χ4v) is 3.47. The van der Waals surface area contributed by atoms with Crippen LogP contribution in [0.5, 0.6) is 5.75 Å². The first-order valence-corrected chi connectivity index (χ1v) is 8.76. The van der Waals surface area contributed by atoms with Crippen LogP contribution >= 0.6 is 0 Å². The maximum absolute atomic E-state index is 12.2. The molecular weight excluding hydrogens is 408 g/mol. The Kier molecular flexibility index (Phi) is 4.43. The standard InChI is InChI=1S/C22H12O9/c23-15-7-17-13(5-11(15)21(27)28)19(9-3-1-2-4-10(9)20(25)26)14-6-12(22(29)30)16(24)8-18(14)31-17/h1-8,23H,(H,25,26)(H,27,28)(H,29,30). The zero-order valence-corrected chi connectivity index (χ0v) is 15.4. The lowest BCUT2D eigenvalue weighted by molar-refractivity contribution is 0.0683. The van der Waals surface area contributed by atoms with Gasteiger partial charge >= 0.3 is 17.9 Å². The van der Waals surface area contributed by atoms with Gasteiger partial charge in [-0.3, -0.25) is 4.79 Å². The Hall–Kier alpha value is -4.66. The van der Waals surface area contributed by atoms with Crippen LogP contribution in [0.1, 0.15) is 31.1 Å². The maximum Gasteiger partial charge on any atom is 0.339 e. The lowest BCUT2D eigenvalue weighted by atomic mass is 9.89. The predicted molar refractivity (Wildman–Crippen MR) is 107 cm³/mol. The summed E-state index contributed by atoms with van der Waals surface area (Å²) in [5, 5.41) is 38.6. The molecule has 0 bridgehead atoms. The van der Waals surface area contributed by atoms with Crippen molar-refractivity contribution in [3.05, 3.63) is 75.4 Å². The van der Waals surface area contributed by atoms with E-state index in [1.54, 1.807) is 6.07 Å². The van der Waals surface area contributed by atoms with E-state index in [1.165, 1.54) is 18.2 Å². The molecule has 2 aliphatic rings. The van der Waals surface area contributed by atoms with Crippen LogP contribution in [0.3, 0.4) is 0 Å². The third-order valence-corrected chi connectivity index (χ3v) is 4.83. The smallest absolute Gasteiger partial charge is 0.339 e. The van der Waals surface area contributed by atoms with Gasteiger partial charge in [0.2, 0.25) is 0 Å². The fourth-order valence-electron chi connectivity index (χ4n) is 3.47. The zero-order chi connectivity index (χ0) is 22.4. The molecule has 0 radical (unpaired) electrons. The Balaban J connectivity index is 2.28. The summed E-state index contributed by atoms with van der Waals surface area (Å²) in [7, 11) is 0. The molecule has 2 aromatic rings. The van der Waals surface area contributed by atoms with Gasteiger partial charge in [0.25, 0.3) is 0 Å². The first kappa shape index (κ1) is 19.6. The van der Waals surface area contributed by atoms with E-state index in [2.05, 4.69) is 0 Å². The molecule has 0 unspecified atom stereocenters. The normalized spacial score (nSPS) is 11.0. The lowest BCUT2D eigenvalue weighted by Gasteiger charge is -2.17. The molecule has 4 rings (SSSR count). The van der Waals surface area contributed by atoms with Crippen molar-refractivity contribution < 1.29 is 39.2 Å². The molecule has 1 aliphatic carbocycles. The number of carboxylic acid groups (broad SMARTS) is 3. The minimum Gasteiger partial charge on any atom is -0.507 e. The summed E-state index contributed by atoms with van der Waals surface area (Å²) in [6.45, 7) is 0. The topological polar surface area (TPSA) is 162 Å². The zero-order valence-electron chi connectivity index (χ0n) is 15.4. The second-order valence-corrected chi connectivity index (χ2v) is 6.65. The highest BCUT2D eigenvalue weighted by atomic mass is 16.4. The largest absolute Gasteiger partial charge is 0.507 e. The van der Waals surface area contributed by atoms with E-state index in [1.807, 2.05) is 0 Å². The number of benzene rings is 3. The van der Waals surface area contributed by atoms with Crippen LogP contribution in [0.25, 0.3) is 33.4 Å². The number of hydrogen-bond donors (Lipinski definition) is 4. The van der Waals surface area contributed by atoms with Crippen LogP contribution in [0, 0.1) is 0 Å². The molecule has 154 valence electrons. The van der Waals surface area contributed by atoms with Crippen LogP contribution in [0.15, 0.2) is 57.7 Å². The van der Waals surface area contributed by atoms with Gasteiger partial charge in [0.05, 0.1) is 5.56 Å². The molecule has 0 atom stereocenters. The molecular formula is C22H12O9. The van der Waals surface area contributed by atoms with E-state index < -0.39 is 40.2 Å². The van der Waals surface area contributed by atoms with Crippen LogP contribution in [-0.4, -0.2) is 38.3 Å². The maximum atomic E-state index is 12.2. The van der Waals surface area contributed by atoms with E-state index in [0.29, 0.717) is 0 Å². The number of aromatic hydroxyl groups is 1. The van der Waals surface area contributed by atoms with Crippen LogP contribution in [0.4, 0.5) is 0 Å². The van der Waals surface area contributed by atoms with Gasteiger partial charge in [0, 0.05) is 28.6 Å². The van der Waals surface area contributed by atoms with Crippen molar-refractivity contribution in [1.82, 2.24) is 0 Å². The van der Waals surface area contributed by atoms with E-state index in [0.717, 1.165) is 24.3 Å². The molecule has 2 aromatic carbocycles. The molecule has 31 heavy (non-hydrogen) atoms. The van der Waals surface area contributed by atoms with E-state index in [4.69, 9.17) is 4.42 Å². The van der Waals surface area contributed by atoms with Crippen LogP contribution < -0.4 is 5.43 Å². The molecule has 0 fully saturated rings. The average molecular weight is 420 g/mol. The highest BCUT2D eigenvalue weighted by Crippen LogP contribution is 2.43. The van der Waals surface area contributed by atoms with Crippen molar-refractivity contribution >= 4 is 28.9 Å². The summed E-state index contributed by atoms with van der Waals surface area (Å²) >= 11 is 0. The number of fused-ring (bicyclic) bond motifs is 2. The molecule has 4 N–H and O–H groups in total. The Bertz CT molecular complexity index is 1450. The summed E-state index contributed by atoms with van der Waals surface area (Å²) in [6.07, 6.45) is 0. The number of carboxylic acids is 3. The van der Waals surface area contributed by atoms with Crippen molar-refractivity contribution in [3.8, 4) is 28.2 Å². The molecule has 9 nitrogen and oxygen atoms in total.